The number of halogens is 1. The normalized spacial score (nSPS) is 14.3. The van der Waals surface area contributed by atoms with Gasteiger partial charge in [-0.2, -0.15) is 0 Å². The van der Waals surface area contributed by atoms with Crippen molar-refractivity contribution < 1.29 is 22.7 Å². The maximum atomic E-state index is 14.0. The van der Waals surface area contributed by atoms with E-state index in [9.17, 15) is 18.0 Å². The number of ether oxygens (including phenoxy) is 1. The van der Waals surface area contributed by atoms with Crippen LogP contribution < -0.4 is 14.4 Å². The van der Waals surface area contributed by atoms with Gasteiger partial charge in [0, 0.05) is 17.1 Å². The first-order chi connectivity index (χ1) is 20.2. The third-order valence-electron chi connectivity index (χ3n) is 7.47. The first-order valence-corrected chi connectivity index (χ1v) is 16.6. The zero-order valence-electron chi connectivity index (χ0n) is 24.0. The molecule has 0 radical (unpaired) electrons. The van der Waals surface area contributed by atoms with Gasteiger partial charge in [0.25, 0.3) is 10.0 Å². The predicted octanol–water partition coefficient (Wildman–Crippen LogP) is 5.56. The second kappa shape index (κ2) is 14.7. The van der Waals surface area contributed by atoms with Crippen LogP contribution in [-0.4, -0.2) is 56.9 Å². The van der Waals surface area contributed by atoms with Gasteiger partial charge in [-0.25, -0.2) is 8.42 Å². The summed E-state index contributed by atoms with van der Waals surface area (Å²) in [4.78, 5) is 28.9. The minimum absolute atomic E-state index is 0.0512. The van der Waals surface area contributed by atoms with Crippen molar-refractivity contribution in [3.63, 3.8) is 0 Å². The minimum atomic E-state index is -4.13. The fourth-order valence-corrected chi connectivity index (χ4v) is 6.78. The van der Waals surface area contributed by atoms with Crippen molar-refractivity contribution in [1.82, 2.24) is 10.2 Å². The van der Waals surface area contributed by atoms with Crippen molar-refractivity contribution in [3.05, 3.63) is 88.9 Å². The van der Waals surface area contributed by atoms with Gasteiger partial charge in [0.2, 0.25) is 11.8 Å². The van der Waals surface area contributed by atoms with Crippen molar-refractivity contribution in [2.24, 2.45) is 0 Å². The molecule has 8 nitrogen and oxygen atoms in total. The van der Waals surface area contributed by atoms with Gasteiger partial charge < -0.3 is 15.0 Å². The molecule has 0 aliphatic heterocycles. The highest BCUT2D eigenvalue weighted by Crippen LogP contribution is 2.27. The summed E-state index contributed by atoms with van der Waals surface area (Å²) in [5.41, 5.74) is 1.34. The fraction of sp³-hybridized carbons (Fsp3) is 0.375. The minimum Gasteiger partial charge on any atom is -0.494 e. The maximum absolute atomic E-state index is 14.0. The molecule has 1 saturated carbocycles. The van der Waals surface area contributed by atoms with Crippen molar-refractivity contribution in [3.8, 4) is 5.75 Å². The number of hydrogen-bond acceptors (Lipinski definition) is 5. The average molecular weight is 657 g/mol. The molecule has 3 aromatic rings. The second-order valence-electron chi connectivity index (χ2n) is 10.4. The molecular weight excluding hydrogens is 618 g/mol. The third kappa shape index (κ3) is 8.13. The van der Waals surface area contributed by atoms with Crippen molar-refractivity contribution in [2.75, 3.05) is 24.0 Å². The molecule has 0 saturated heterocycles. The standard InChI is InChI=1S/C32H38BrN3O5S/c1-3-41-29-17-15-28(16-18-29)36(42(39,40)30-19-13-26(33)14-20-30)23-31(37)35(22-21-25-9-5-4-6-10-25)24(2)32(38)34-27-11-7-8-12-27/h4-6,9-10,13-20,24,27H,3,7-8,11-12,21-23H2,1-2H3,(H,34,38)/t24-/m1/s1. The Balaban J connectivity index is 1.64. The number of nitrogens with one attached hydrogen (secondary N) is 1. The van der Waals surface area contributed by atoms with Gasteiger partial charge in [0.05, 0.1) is 17.2 Å². The Morgan fingerprint density at radius 2 is 1.62 bits per heavy atom. The van der Waals surface area contributed by atoms with E-state index in [1.165, 1.54) is 17.0 Å². The molecule has 0 heterocycles. The van der Waals surface area contributed by atoms with E-state index in [4.69, 9.17) is 4.74 Å². The Bertz CT molecular complexity index is 1430. The third-order valence-corrected chi connectivity index (χ3v) is 9.79. The molecular formula is C32H38BrN3O5S. The molecule has 10 heteroatoms. The Hall–Kier alpha value is -3.37. The Kier molecular flexibility index (Phi) is 11.0. The highest BCUT2D eigenvalue weighted by atomic mass is 79.9. The molecule has 1 aliphatic carbocycles. The topological polar surface area (TPSA) is 96.0 Å². The summed E-state index contributed by atoms with van der Waals surface area (Å²) in [6, 6.07) is 21.9. The van der Waals surface area contributed by atoms with Crippen LogP contribution in [0.5, 0.6) is 5.75 Å². The number of nitrogens with zero attached hydrogens (tertiary/aromatic N) is 2. The Morgan fingerprint density at radius 1 is 0.976 bits per heavy atom. The van der Waals surface area contributed by atoms with E-state index < -0.39 is 28.5 Å². The monoisotopic (exact) mass is 655 g/mol. The molecule has 1 fully saturated rings. The van der Waals surface area contributed by atoms with Crippen LogP contribution >= 0.6 is 15.9 Å². The molecule has 2 amide bonds. The lowest BCUT2D eigenvalue weighted by molar-refractivity contribution is -0.139. The predicted molar refractivity (Wildman–Crippen MR) is 168 cm³/mol. The molecule has 1 aliphatic rings. The quantitative estimate of drug-likeness (QED) is 0.260. The molecule has 3 aromatic carbocycles. The van der Waals surface area contributed by atoms with Gasteiger partial charge in [-0.1, -0.05) is 59.1 Å². The van der Waals surface area contributed by atoms with Crippen molar-refractivity contribution in [1.29, 1.82) is 0 Å². The first kappa shape index (κ1) is 31.6. The Labute approximate surface area is 257 Å². The molecule has 4 rings (SSSR count). The molecule has 1 atom stereocenters. The number of carbonyl (C=O) groups is 2. The molecule has 42 heavy (non-hydrogen) atoms. The summed E-state index contributed by atoms with van der Waals surface area (Å²) in [6.07, 6.45) is 4.51. The van der Waals surface area contributed by atoms with Gasteiger partial charge >= 0.3 is 0 Å². The smallest absolute Gasteiger partial charge is 0.264 e. The van der Waals surface area contributed by atoms with E-state index in [1.54, 1.807) is 43.3 Å². The van der Waals surface area contributed by atoms with Crippen LogP contribution in [-0.2, 0) is 26.0 Å². The largest absolute Gasteiger partial charge is 0.494 e. The van der Waals surface area contributed by atoms with E-state index >= 15 is 0 Å². The van der Waals surface area contributed by atoms with Crippen molar-refractivity contribution in [2.45, 2.75) is 62.9 Å². The lowest BCUT2D eigenvalue weighted by Gasteiger charge is -2.32. The van der Waals surface area contributed by atoms with E-state index in [1.807, 2.05) is 37.3 Å². The van der Waals surface area contributed by atoms with Crippen LogP contribution in [0.4, 0.5) is 5.69 Å². The zero-order chi connectivity index (χ0) is 30.1. The molecule has 0 unspecified atom stereocenters. The fourth-order valence-electron chi connectivity index (χ4n) is 5.10. The number of anilines is 1. The number of rotatable bonds is 13. The van der Waals surface area contributed by atoms with E-state index in [0.29, 0.717) is 24.5 Å². The van der Waals surface area contributed by atoms with Crippen LogP contribution in [0, 0.1) is 0 Å². The zero-order valence-corrected chi connectivity index (χ0v) is 26.4. The van der Waals surface area contributed by atoms with Crippen molar-refractivity contribution >= 4 is 43.5 Å². The van der Waals surface area contributed by atoms with Gasteiger partial charge in [-0.15, -0.1) is 0 Å². The van der Waals surface area contributed by atoms with E-state index in [0.717, 1.165) is 40.0 Å². The average Bonchev–Trinajstić information content (AvgIpc) is 3.50. The molecule has 224 valence electrons. The second-order valence-corrected chi connectivity index (χ2v) is 13.2. The number of amides is 2. The number of benzene rings is 3. The van der Waals surface area contributed by atoms with E-state index in [-0.39, 0.29) is 23.4 Å². The number of carbonyl (C=O) groups excluding carboxylic acids is 2. The van der Waals surface area contributed by atoms with Gasteiger partial charge in [0.15, 0.2) is 0 Å². The van der Waals surface area contributed by atoms with Crippen LogP contribution in [0.2, 0.25) is 0 Å². The van der Waals surface area contributed by atoms with Gasteiger partial charge in [-0.3, -0.25) is 13.9 Å². The molecule has 0 spiro atoms. The first-order valence-electron chi connectivity index (χ1n) is 14.3. The molecule has 1 N–H and O–H groups in total. The van der Waals surface area contributed by atoms with Crippen LogP contribution in [0.3, 0.4) is 0 Å². The van der Waals surface area contributed by atoms with Crippen LogP contribution in [0.25, 0.3) is 0 Å². The molecule has 0 aromatic heterocycles. The number of sulfonamides is 1. The SMILES string of the molecule is CCOc1ccc(N(CC(=O)N(CCc2ccccc2)[C@H](C)C(=O)NC2CCCC2)S(=O)(=O)c2ccc(Br)cc2)cc1. The van der Waals surface area contributed by atoms with E-state index in [2.05, 4.69) is 21.2 Å². The van der Waals surface area contributed by atoms with Crippen LogP contribution in [0.15, 0.2) is 88.2 Å². The summed E-state index contributed by atoms with van der Waals surface area (Å²) in [7, 11) is -4.13. The lowest BCUT2D eigenvalue weighted by Crippen LogP contribution is -2.53. The van der Waals surface area contributed by atoms with Crippen LogP contribution in [0.1, 0.15) is 45.1 Å². The summed E-state index contributed by atoms with van der Waals surface area (Å²) in [6.45, 7) is 3.83. The number of hydrogen-bond donors (Lipinski definition) is 1. The maximum Gasteiger partial charge on any atom is 0.264 e. The summed E-state index contributed by atoms with van der Waals surface area (Å²) in [5.74, 6) is -0.100. The Morgan fingerprint density at radius 3 is 2.24 bits per heavy atom. The summed E-state index contributed by atoms with van der Waals surface area (Å²) >= 11 is 3.35. The highest BCUT2D eigenvalue weighted by molar-refractivity contribution is 9.10. The van der Waals surface area contributed by atoms with Gasteiger partial charge in [-0.05, 0) is 87.2 Å². The highest BCUT2D eigenvalue weighted by Gasteiger charge is 2.33. The summed E-state index contributed by atoms with van der Waals surface area (Å²) < 4.78 is 35.3. The lowest BCUT2D eigenvalue weighted by atomic mass is 10.1. The van der Waals surface area contributed by atoms with Gasteiger partial charge in [0.1, 0.15) is 18.3 Å². The summed E-state index contributed by atoms with van der Waals surface area (Å²) in [5, 5.41) is 3.09. The molecule has 0 bridgehead atoms.